The van der Waals surface area contributed by atoms with Crippen LogP contribution >= 0.6 is 0 Å². The van der Waals surface area contributed by atoms with E-state index in [0.717, 1.165) is 11.4 Å². The molecule has 20 heavy (non-hydrogen) atoms. The predicted octanol–water partition coefficient (Wildman–Crippen LogP) is 2.93. The van der Waals surface area contributed by atoms with E-state index in [4.69, 9.17) is 9.90 Å². The van der Waals surface area contributed by atoms with Crippen LogP contribution < -0.4 is 0 Å². The number of nitrogens with zero attached hydrogens (tertiary/aromatic N) is 3. The van der Waals surface area contributed by atoms with Crippen molar-refractivity contribution < 1.29 is 9.90 Å². The molecule has 1 aliphatic rings. The van der Waals surface area contributed by atoms with Crippen LogP contribution in [0.3, 0.4) is 0 Å². The van der Waals surface area contributed by atoms with Crippen LogP contribution in [-0.2, 0) is 4.79 Å². The lowest BCUT2D eigenvalue weighted by Crippen LogP contribution is -2.09. The monoisotopic (exact) mass is 271 g/mol. The fraction of sp³-hybridized carbons (Fsp3) is 0.267. The minimum Gasteiger partial charge on any atom is -0.483 e. The number of carboxylic acid groups (broad SMARTS) is 1. The Balaban J connectivity index is 0.000000452. The zero-order valence-electron chi connectivity index (χ0n) is 11.1. The fourth-order valence-corrected chi connectivity index (χ4v) is 2.33. The SMILES string of the molecule is C1=CC(n2ccnc2-c2ccncc2)CCC1.O=CO. The summed E-state index contributed by atoms with van der Waals surface area (Å²) in [7, 11) is 0. The molecule has 2 heterocycles. The molecule has 1 aliphatic carbocycles. The Morgan fingerprint density at radius 1 is 1.30 bits per heavy atom. The summed E-state index contributed by atoms with van der Waals surface area (Å²) in [5.41, 5.74) is 1.13. The Hall–Kier alpha value is -2.43. The van der Waals surface area contributed by atoms with E-state index < -0.39 is 0 Å². The summed E-state index contributed by atoms with van der Waals surface area (Å²) in [4.78, 5) is 16.9. The van der Waals surface area contributed by atoms with Crippen molar-refractivity contribution in [1.82, 2.24) is 14.5 Å². The van der Waals surface area contributed by atoms with Crippen LogP contribution in [0.1, 0.15) is 25.3 Å². The summed E-state index contributed by atoms with van der Waals surface area (Å²) in [6, 6.07) is 4.46. The lowest BCUT2D eigenvalue weighted by molar-refractivity contribution is -0.122. The van der Waals surface area contributed by atoms with Crippen molar-refractivity contribution >= 4 is 6.47 Å². The van der Waals surface area contributed by atoms with Crippen LogP contribution in [0.25, 0.3) is 11.4 Å². The smallest absolute Gasteiger partial charge is 0.290 e. The highest BCUT2D eigenvalue weighted by Crippen LogP contribution is 2.27. The van der Waals surface area contributed by atoms with Gasteiger partial charge in [0, 0.05) is 30.4 Å². The molecule has 0 amide bonds. The molecule has 5 nitrogen and oxygen atoms in total. The van der Waals surface area contributed by atoms with Gasteiger partial charge in [-0.2, -0.15) is 0 Å². The van der Waals surface area contributed by atoms with Crippen LogP contribution in [0.15, 0.2) is 49.1 Å². The van der Waals surface area contributed by atoms with Crippen LogP contribution in [0.2, 0.25) is 0 Å². The number of carbonyl (C=O) groups is 1. The van der Waals surface area contributed by atoms with Gasteiger partial charge in [-0.3, -0.25) is 9.78 Å². The summed E-state index contributed by atoms with van der Waals surface area (Å²) in [6.07, 6.45) is 15.8. The van der Waals surface area contributed by atoms with Gasteiger partial charge in [-0.1, -0.05) is 12.2 Å². The number of aromatic nitrogens is 3. The van der Waals surface area contributed by atoms with Crippen molar-refractivity contribution in [3.8, 4) is 11.4 Å². The largest absolute Gasteiger partial charge is 0.483 e. The van der Waals surface area contributed by atoms with Crippen molar-refractivity contribution in [2.24, 2.45) is 0 Å². The molecular weight excluding hydrogens is 254 g/mol. The molecule has 3 rings (SSSR count). The second-order valence-electron chi connectivity index (χ2n) is 4.43. The van der Waals surface area contributed by atoms with Gasteiger partial charge in [0.15, 0.2) is 0 Å². The molecule has 0 radical (unpaired) electrons. The molecule has 0 aromatic carbocycles. The molecule has 0 aliphatic heterocycles. The van der Waals surface area contributed by atoms with E-state index >= 15 is 0 Å². The second kappa shape index (κ2) is 7.23. The summed E-state index contributed by atoms with van der Waals surface area (Å²) in [6.45, 7) is -0.250. The number of imidazole rings is 1. The molecule has 2 aromatic rings. The van der Waals surface area contributed by atoms with Gasteiger partial charge < -0.3 is 9.67 Å². The summed E-state index contributed by atoms with van der Waals surface area (Å²) in [5.74, 6) is 1.03. The van der Waals surface area contributed by atoms with E-state index in [0.29, 0.717) is 6.04 Å². The predicted molar refractivity (Wildman–Crippen MR) is 76.2 cm³/mol. The molecule has 0 saturated heterocycles. The van der Waals surface area contributed by atoms with E-state index in [9.17, 15) is 0 Å². The first-order valence-corrected chi connectivity index (χ1v) is 6.54. The summed E-state index contributed by atoms with van der Waals surface area (Å²) in [5, 5.41) is 6.89. The average Bonchev–Trinajstić information content (AvgIpc) is 2.99. The fourth-order valence-electron chi connectivity index (χ4n) is 2.33. The van der Waals surface area contributed by atoms with E-state index in [2.05, 4.69) is 32.9 Å². The maximum atomic E-state index is 8.36. The molecule has 104 valence electrons. The quantitative estimate of drug-likeness (QED) is 0.673. The first kappa shape index (κ1) is 14.0. The van der Waals surface area contributed by atoms with Crippen molar-refractivity contribution in [2.45, 2.75) is 25.3 Å². The van der Waals surface area contributed by atoms with Crippen molar-refractivity contribution in [1.29, 1.82) is 0 Å². The van der Waals surface area contributed by atoms with E-state index in [1.807, 2.05) is 30.7 Å². The molecule has 5 heteroatoms. The number of hydrogen-bond acceptors (Lipinski definition) is 3. The van der Waals surface area contributed by atoms with Crippen molar-refractivity contribution in [3.63, 3.8) is 0 Å². The van der Waals surface area contributed by atoms with E-state index in [1.54, 1.807) is 0 Å². The molecule has 0 fully saturated rings. The highest BCUT2D eigenvalue weighted by atomic mass is 16.3. The van der Waals surface area contributed by atoms with Crippen molar-refractivity contribution in [3.05, 3.63) is 49.1 Å². The Bertz CT molecular complexity index is 564. The standard InChI is InChI=1S/C14H15N3.CH2O2/c1-2-4-13(5-3-1)17-11-10-16-14(17)12-6-8-15-9-7-12;2-1-3/h2,4,6-11,13H,1,3,5H2;1H,(H,2,3). The molecule has 1 atom stereocenters. The molecule has 0 spiro atoms. The maximum absolute atomic E-state index is 8.36. The average molecular weight is 271 g/mol. The highest BCUT2D eigenvalue weighted by Gasteiger charge is 2.14. The van der Waals surface area contributed by atoms with Crippen LogP contribution in [-0.4, -0.2) is 26.1 Å². The highest BCUT2D eigenvalue weighted by molar-refractivity contribution is 5.54. The van der Waals surface area contributed by atoms with Crippen molar-refractivity contribution in [2.75, 3.05) is 0 Å². The van der Waals surface area contributed by atoms with Gasteiger partial charge in [-0.15, -0.1) is 0 Å². The zero-order valence-corrected chi connectivity index (χ0v) is 11.1. The molecule has 0 saturated carbocycles. The molecule has 1 unspecified atom stereocenters. The lowest BCUT2D eigenvalue weighted by Gasteiger charge is -2.20. The van der Waals surface area contributed by atoms with Crippen LogP contribution in [0.5, 0.6) is 0 Å². The van der Waals surface area contributed by atoms with Gasteiger partial charge in [0.1, 0.15) is 5.82 Å². The topological polar surface area (TPSA) is 68.0 Å². The second-order valence-corrected chi connectivity index (χ2v) is 4.43. The number of hydrogen-bond donors (Lipinski definition) is 1. The third-order valence-corrected chi connectivity index (χ3v) is 3.19. The van der Waals surface area contributed by atoms with Gasteiger partial charge in [0.05, 0.1) is 6.04 Å². The maximum Gasteiger partial charge on any atom is 0.290 e. The number of rotatable bonds is 2. The minimum atomic E-state index is -0.250. The van der Waals surface area contributed by atoms with Gasteiger partial charge >= 0.3 is 0 Å². The summed E-state index contributed by atoms with van der Waals surface area (Å²) < 4.78 is 2.25. The van der Waals surface area contributed by atoms with E-state index in [-0.39, 0.29) is 6.47 Å². The van der Waals surface area contributed by atoms with E-state index in [1.165, 1.54) is 19.3 Å². The Kier molecular flexibility index (Phi) is 5.06. The first-order valence-electron chi connectivity index (χ1n) is 6.54. The summed E-state index contributed by atoms with van der Waals surface area (Å²) >= 11 is 0. The number of pyridine rings is 1. The van der Waals surface area contributed by atoms with Crippen LogP contribution in [0, 0.1) is 0 Å². The molecule has 0 bridgehead atoms. The molecule has 2 aromatic heterocycles. The minimum absolute atomic E-state index is 0.250. The van der Waals surface area contributed by atoms with Gasteiger partial charge in [0.2, 0.25) is 0 Å². The van der Waals surface area contributed by atoms with Gasteiger partial charge in [-0.25, -0.2) is 4.98 Å². The van der Waals surface area contributed by atoms with Gasteiger partial charge in [-0.05, 0) is 31.4 Å². The Morgan fingerprint density at radius 3 is 2.70 bits per heavy atom. The Labute approximate surface area is 117 Å². The molecular formula is C15H17N3O2. The molecule has 1 N–H and O–H groups in total. The third-order valence-electron chi connectivity index (χ3n) is 3.19. The zero-order chi connectivity index (χ0) is 14.2. The number of allylic oxidation sites excluding steroid dienone is 2. The lowest BCUT2D eigenvalue weighted by atomic mass is 10.0. The van der Waals surface area contributed by atoms with Gasteiger partial charge in [0.25, 0.3) is 6.47 Å². The van der Waals surface area contributed by atoms with Crippen LogP contribution in [0.4, 0.5) is 0 Å². The first-order chi connectivity index (χ1) is 9.86. The third kappa shape index (κ3) is 3.32. The normalized spacial score (nSPS) is 17.1. The Morgan fingerprint density at radius 2 is 2.05 bits per heavy atom.